The van der Waals surface area contributed by atoms with Gasteiger partial charge in [-0.05, 0) is 36.8 Å². The molecular weight excluding hydrogens is 425 g/mol. The number of alkyl halides is 3. The topological polar surface area (TPSA) is 91.9 Å². The van der Waals surface area contributed by atoms with Crippen LogP contribution in [0.15, 0.2) is 70.3 Å². The van der Waals surface area contributed by atoms with E-state index in [-0.39, 0.29) is 18.8 Å². The van der Waals surface area contributed by atoms with E-state index in [1.165, 1.54) is 18.4 Å². The zero-order valence-electron chi connectivity index (χ0n) is 17.3. The minimum absolute atomic E-state index is 0.0966. The Kier molecular flexibility index (Phi) is 7.72. The Hall–Kier alpha value is -3.53. The number of aromatic nitrogens is 1. The van der Waals surface area contributed by atoms with Gasteiger partial charge < -0.3 is 24.9 Å². The van der Waals surface area contributed by atoms with Crippen LogP contribution in [0.1, 0.15) is 24.3 Å². The second-order valence-electron chi connectivity index (χ2n) is 6.72. The summed E-state index contributed by atoms with van der Waals surface area (Å²) < 4.78 is 46.1. The average molecular weight is 448 g/mol. The third-order valence-corrected chi connectivity index (χ3v) is 4.28. The van der Waals surface area contributed by atoms with Crippen molar-refractivity contribution >= 4 is 5.96 Å². The van der Waals surface area contributed by atoms with E-state index in [1.807, 2.05) is 37.3 Å². The van der Waals surface area contributed by atoms with Gasteiger partial charge in [0.05, 0.1) is 12.6 Å². The van der Waals surface area contributed by atoms with Crippen LogP contribution in [0.25, 0.3) is 11.5 Å². The molecule has 0 aliphatic carbocycles. The third-order valence-electron chi connectivity index (χ3n) is 4.28. The number of nitrogens with zero attached hydrogens (tertiary/aromatic N) is 2. The fourth-order valence-corrected chi connectivity index (χ4v) is 2.80. The number of hydrogen-bond donors (Lipinski definition) is 3. The summed E-state index contributed by atoms with van der Waals surface area (Å²) in [7, 11) is 0. The van der Waals surface area contributed by atoms with Crippen molar-refractivity contribution < 1.29 is 27.4 Å². The Balaban J connectivity index is 1.57. The lowest BCUT2D eigenvalue weighted by atomic mass is 10.1. The van der Waals surface area contributed by atoms with Crippen molar-refractivity contribution in [2.24, 2.45) is 4.99 Å². The Morgan fingerprint density at radius 1 is 1.12 bits per heavy atom. The maximum Gasteiger partial charge on any atom is 0.573 e. The Morgan fingerprint density at radius 3 is 2.50 bits per heavy atom. The van der Waals surface area contributed by atoms with E-state index in [1.54, 1.807) is 0 Å². The van der Waals surface area contributed by atoms with Gasteiger partial charge in [-0.15, -0.1) is 13.2 Å². The predicted octanol–water partition coefficient (Wildman–Crippen LogP) is 4.03. The lowest BCUT2D eigenvalue weighted by molar-refractivity contribution is -0.274. The van der Waals surface area contributed by atoms with Gasteiger partial charge in [0.1, 0.15) is 17.7 Å². The molecule has 7 nitrogen and oxygen atoms in total. The van der Waals surface area contributed by atoms with E-state index in [0.717, 1.165) is 17.7 Å². The summed E-state index contributed by atoms with van der Waals surface area (Å²) in [4.78, 5) is 8.84. The van der Waals surface area contributed by atoms with Crippen LogP contribution in [0.2, 0.25) is 0 Å². The van der Waals surface area contributed by atoms with Gasteiger partial charge in [-0.2, -0.15) is 0 Å². The first-order valence-electron chi connectivity index (χ1n) is 9.90. The van der Waals surface area contributed by atoms with Gasteiger partial charge in [0.25, 0.3) is 0 Å². The SMILES string of the molecule is CCNC(=NCc1coc(-c2ccccc2)n1)NCC(O)c1ccc(OC(F)(F)F)cc1. The molecule has 3 rings (SSSR count). The Labute approximate surface area is 183 Å². The number of ether oxygens (including phenoxy) is 1. The monoisotopic (exact) mass is 448 g/mol. The lowest BCUT2D eigenvalue weighted by Crippen LogP contribution is -2.39. The molecule has 1 heterocycles. The predicted molar refractivity (Wildman–Crippen MR) is 113 cm³/mol. The molecule has 0 saturated carbocycles. The molecule has 2 aromatic carbocycles. The van der Waals surface area contributed by atoms with Crippen molar-refractivity contribution in [2.45, 2.75) is 25.9 Å². The van der Waals surface area contributed by atoms with Crippen molar-refractivity contribution in [3.63, 3.8) is 0 Å². The number of halogens is 3. The van der Waals surface area contributed by atoms with Gasteiger partial charge in [0, 0.05) is 18.7 Å². The van der Waals surface area contributed by atoms with Gasteiger partial charge in [0.2, 0.25) is 5.89 Å². The van der Waals surface area contributed by atoms with Gasteiger partial charge in [-0.25, -0.2) is 9.98 Å². The van der Waals surface area contributed by atoms with Gasteiger partial charge in [0.15, 0.2) is 5.96 Å². The highest BCUT2D eigenvalue weighted by atomic mass is 19.4. The van der Waals surface area contributed by atoms with E-state index in [2.05, 4.69) is 25.3 Å². The molecule has 1 atom stereocenters. The van der Waals surface area contributed by atoms with Crippen LogP contribution < -0.4 is 15.4 Å². The molecule has 3 N–H and O–H groups in total. The summed E-state index contributed by atoms with van der Waals surface area (Å²) in [6, 6.07) is 14.5. The molecule has 0 radical (unpaired) electrons. The summed E-state index contributed by atoms with van der Waals surface area (Å²) in [5, 5.41) is 16.4. The van der Waals surface area contributed by atoms with Gasteiger partial charge in [-0.3, -0.25) is 0 Å². The minimum atomic E-state index is -4.76. The smallest absolute Gasteiger partial charge is 0.444 e. The Bertz CT molecular complexity index is 1010. The van der Waals surface area contributed by atoms with Crippen molar-refractivity contribution in [1.29, 1.82) is 0 Å². The van der Waals surface area contributed by atoms with Crippen molar-refractivity contribution in [3.8, 4) is 17.2 Å². The molecule has 3 aromatic rings. The molecule has 1 aromatic heterocycles. The summed E-state index contributed by atoms with van der Waals surface area (Å²) in [5.74, 6) is 0.605. The van der Waals surface area contributed by atoms with Crippen molar-refractivity contribution in [2.75, 3.05) is 13.1 Å². The zero-order chi connectivity index (χ0) is 23.0. The third kappa shape index (κ3) is 7.02. The second kappa shape index (κ2) is 10.7. The first-order valence-corrected chi connectivity index (χ1v) is 9.90. The van der Waals surface area contributed by atoms with E-state index in [9.17, 15) is 18.3 Å². The van der Waals surface area contributed by atoms with Gasteiger partial charge in [-0.1, -0.05) is 30.3 Å². The number of aliphatic hydroxyl groups is 1. The highest BCUT2D eigenvalue weighted by Gasteiger charge is 2.31. The molecule has 170 valence electrons. The minimum Gasteiger partial charge on any atom is -0.444 e. The summed E-state index contributed by atoms with van der Waals surface area (Å²) in [6.45, 7) is 2.85. The summed E-state index contributed by atoms with van der Waals surface area (Å²) in [6.07, 6.45) is -4.19. The standard InChI is InChI=1S/C22H23F3N4O3/c1-2-26-21(27-12-17-14-31-20(29-17)16-6-4-3-5-7-16)28-13-19(30)15-8-10-18(11-9-15)32-22(23,24)25/h3-11,14,19,30H,2,12-13H2,1H3,(H2,26,27,28). The van der Waals surface area contributed by atoms with Crippen LogP contribution in [-0.2, 0) is 6.54 Å². The van der Waals surface area contributed by atoms with Crippen molar-refractivity contribution in [3.05, 3.63) is 72.1 Å². The molecule has 0 aliphatic heterocycles. The average Bonchev–Trinajstić information content (AvgIpc) is 3.24. The van der Waals surface area contributed by atoms with Crippen LogP contribution in [0, 0.1) is 0 Å². The molecule has 0 bridgehead atoms. The fraction of sp³-hybridized carbons (Fsp3) is 0.273. The highest BCUT2D eigenvalue weighted by molar-refractivity contribution is 5.79. The van der Waals surface area contributed by atoms with Crippen molar-refractivity contribution in [1.82, 2.24) is 15.6 Å². The number of rotatable bonds is 8. The molecule has 0 fully saturated rings. The van der Waals surface area contributed by atoms with E-state index < -0.39 is 12.5 Å². The quantitative estimate of drug-likeness (QED) is 0.356. The number of benzene rings is 2. The van der Waals surface area contributed by atoms with Crippen LogP contribution >= 0.6 is 0 Å². The molecule has 0 spiro atoms. The highest BCUT2D eigenvalue weighted by Crippen LogP contribution is 2.24. The molecule has 1 unspecified atom stereocenters. The fourth-order valence-electron chi connectivity index (χ4n) is 2.80. The van der Waals surface area contributed by atoms with Crippen LogP contribution in [0.5, 0.6) is 5.75 Å². The molecular formula is C22H23F3N4O3. The van der Waals surface area contributed by atoms with Crippen LogP contribution in [-0.4, -0.2) is 35.5 Å². The lowest BCUT2D eigenvalue weighted by Gasteiger charge is -2.16. The normalized spacial score (nSPS) is 13.0. The first kappa shape index (κ1) is 23.1. The molecule has 0 saturated heterocycles. The second-order valence-corrected chi connectivity index (χ2v) is 6.72. The largest absolute Gasteiger partial charge is 0.573 e. The Morgan fingerprint density at radius 2 is 1.84 bits per heavy atom. The molecule has 0 aliphatic rings. The molecule has 10 heteroatoms. The molecule has 32 heavy (non-hydrogen) atoms. The van der Waals surface area contributed by atoms with E-state index in [4.69, 9.17) is 4.42 Å². The zero-order valence-corrected chi connectivity index (χ0v) is 17.3. The first-order chi connectivity index (χ1) is 15.3. The number of hydrogen-bond acceptors (Lipinski definition) is 5. The molecule has 0 amide bonds. The van der Waals surface area contributed by atoms with E-state index in [0.29, 0.717) is 29.7 Å². The number of nitrogens with one attached hydrogen (secondary N) is 2. The number of aliphatic imine (C=N–C) groups is 1. The number of oxazole rings is 1. The summed E-state index contributed by atoms with van der Waals surface area (Å²) >= 11 is 0. The van der Waals surface area contributed by atoms with E-state index >= 15 is 0 Å². The maximum atomic E-state index is 12.3. The number of aliphatic hydroxyl groups excluding tert-OH is 1. The van der Waals surface area contributed by atoms with Crippen LogP contribution in [0.3, 0.4) is 0 Å². The van der Waals surface area contributed by atoms with Gasteiger partial charge >= 0.3 is 6.36 Å². The summed E-state index contributed by atoms with van der Waals surface area (Å²) in [5.41, 5.74) is 1.94. The maximum absolute atomic E-state index is 12.3. The number of guanidine groups is 1. The van der Waals surface area contributed by atoms with Crippen LogP contribution in [0.4, 0.5) is 13.2 Å².